The van der Waals surface area contributed by atoms with Crippen molar-refractivity contribution in [2.24, 2.45) is 11.8 Å². The first kappa shape index (κ1) is 15.9. The third-order valence-electron chi connectivity index (χ3n) is 6.37. The quantitative estimate of drug-likeness (QED) is 0.861. The van der Waals surface area contributed by atoms with E-state index in [1.807, 2.05) is 6.07 Å². The van der Waals surface area contributed by atoms with Crippen LogP contribution in [0.4, 0.5) is 0 Å². The van der Waals surface area contributed by atoms with Crippen molar-refractivity contribution in [3.8, 4) is 0 Å². The van der Waals surface area contributed by atoms with E-state index in [2.05, 4.69) is 19.9 Å². The van der Waals surface area contributed by atoms with E-state index in [0.29, 0.717) is 0 Å². The largest absolute Gasteiger partial charge is 0.423 e. The van der Waals surface area contributed by atoms with E-state index in [-0.39, 0.29) is 5.63 Å². The van der Waals surface area contributed by atoms with E-state index < -0.39 is 0 Å². The monoisotopic (exact) mass is 326 g/mol. The molecule has 1 N–H and O–H groups in total. The fourth-order valence-electron chi connectivity index (χ4n) is 4.85. The summed E-state index contributed by atoms with van der Waals surface area (Å²) < 4.78 is 5.45. The van der Waals surface area contributed by atoms with Crippen LogP contribution in [0.5, 0.6) is 0 Å². The first-order valence-electron chi connectivity index (χ1n) is 9.47. The minimum atomic E-state index is -0.215. The number of fused-ring (bicyclic) bond motifs is 2. The van der Waals surface area contributed by atoms with Crippen molar-refractivity contribution < 1.29 is 9.32 Å². The molecular formula is C21H28NO2+. The van der Waals surface area contributed by atoms with Crippen LogP contribution in [0.3, 0.4) is 0 Å². The molecule has 1 aromatic heterocycles. The minimum Gasteiger partial charge on any atom is -0.423 e. The zero-order chi connectivity index (χ0) is 16.7. The number of hydrogen-bond donors (Lipinski definition) is 1. The fraction of sp³-hybridized carbons (Fsp3) is 0.571. The van der Waals surface area contributed by atoms with Crippen molar-refractivity contribution in [1.82, 2.24) is 0 Å². The lowest BCUT2D eigenvalue weighted by atomic mass is 9.75. The summed E-state index contributed by atoms with van der Waals surface area (Å²) in [7, 11) is 0. The van der Waals surface area contributed by atoms with E-state index in [0.717, 1.165) is 34.9 Å². The summed E-state index contributed by atoms with van der Waals surface area (Å²) in [5.74, 6) is 1.86. The molecule has 0 spiro atoms. The van der Waals surface area contributed by atoms with Crippen LogP contribution < -0.4 is 10.5 Å². The van der Waals surface area contributed by atoms with Crippen LogP contribution in [-0.4, -0.2) is 13.1 Å². The SMILES string of the molecule is Cc1cc2oc(=O)cc(C[NH+]3CC[C@@H]4CCCC[C@@H]4C3)c2cc1C. The topological polar surface area (TPSA) is 34.6 Å². The molecule has 1 saturated carbocycles. The van der Waals surface area contributed by atoms with Gasteiger partial charge in [-0.05, 0) is 62.3 Å². The van der Waals surface area contributed by atoms with Crippen LogP contribution in [0, 0.1) is 25.7 Å². The maximum absolute atomic E-state index is 12.0. The van der Waals surface area contributed by atoms with Gasteiger partial charge in [-0.2, -0.15) is 0 Å². The Morgan fingerprint density at radius 1 is 1.04 bits per heavy atom. The molecule has 0 radical (unpaired) electrons. The van der Waals surface area contributed by atoms with Crippen LogP contribution in [-0.2, 0) is 6.54 Å². The predicted molar refractivity (Wildman–Crippen MR) is 96.4 cm³/mol. The van der Waals surface area contributed by atoms with Gasteiger partial charge < -0.3 is 9.32 Å². The summed E-state index contributed by atoms with van der Waals surface area (Å²) in [5.41, 5.74) is 4.13. The lowest BCUT2D eigenvalue weighted by Gasteiger charge is -2.39. The molecule has 0 amide bonds. The fourth-order valence-corrected chi connectivity index (χ4v) is 4.85. The zero-order valence-electron chi connectivity index (χ0n) is 14.9. The third-order valence-corrected chi connectivity index (χ3v) is 6.37. The van der Waals surface area contributed by atoms with Gasteiger partial charge in [-0.1, -0.05) is 12.8 Å². The Morgan fingerprint density at radius 3 is 2.62 bits per heavy atom. The molecule has 2 heterocycles. The number of quaternary nitrogens is 1. The normalized spacial score (nSPS) is 27.2. The smallest absolute Gasteiger partial charge is 0.336 e. The summed E-state index contributed by atoms with van der Waals surface area (Å²) in [6.07, 6.45) is 7.04. The lowest BCUT2D eigenvalue weighted by Crippen LogP contribution is -3.12. The average molecular weight is 326 g/mol. The molecule has 1 unspecified atom stereocenters. The van der Waals surface area contributed by atoms with Gasteiger partial charge in [-0.25, -0.2) is 4.79 Å². The molecule has 0 bridgehead atoms. The van der Waals surface area contributed by atoms with Crippen molar-refractivity contribution in [1.29, 1.82) is 0 Å². The highest BCUT2D eigenvalue weighted by Crippen LogP contribution is 2.32. The summed E-state index contributed by atoms with van der Waals surface area (Å²) in [5, 5.41) is 1.12. The number of nitrogens with one attached hydrogen (secondary N) is 1. The van der Waals surface area contributed by atoms with Crippen molar-refractivity contribution >= 4 is 11.0 Å². The van der Waals surface area contributed by atoms with Crippen molar-refractivity contribution in [3.63, 3.8) is 0 Å². The summed E-state index contributed by atoms with van der Waals surface area (Å²) in [6.45, 7) is 7.67. The van der Waals surface area contributed by atoms with Crippen LogP contribution in [0.2, 0.25) is 0 Å². The average Bonchev–Trinajstić information content (AvgIpc) is 2.56. The van der Waals surface area contributed by atoms with Crippen molar-refractivity contribution in [2.45, 2.75) is 52.5 Å². The van der Waals surface area contributed by atoms with Gasteiger partial charge in [0.15, 0.2) is 0 Å². The Bertz CT molecular complexity index is 807. The standard InChI is InChI=1S/C21H27NO2/c1-14-9-19-18(11-21(23)24-20(19)10-15(14)2)13-22-8-7-16-5-3-4-6-17(16)12-22/h9-11,16-17H,3-8,12-13H2,1-2H3/p+1/t16-,17+/m0/s1. The number of likely N-dealkylation sites (tertiary alicyclic amines) is 1. The highest BCUT2D eigenvalue weighted by molar-refractivity contribution is 5.81. The molecule has 2 fully saturated rings. The van der Waals surface area contributed by atoms with Gasteiger partial charge in [0.2, 0.25) is 0 Å². The zero-order valence-corrected chi connectivity index (χ0v) is 14.9. The van der Waals surface area contributed by atoms with Gasteiger partial charge in [0.1, 0.15) is 12.1 Å². The minimum absolute atomic E-state index is 0.215. The number of rotatable bonds is 2. The van der Waals surface area contributed by atoms with Gasteiger partial charge >= 0.3 is 5.63 Å². The number of aryl methyl sites for hydroxylation is 2. The molecule has 128 valence electrons. The Hall–Kier alpha value is -1.61. The molecule has 1 aromatic carbocycles. The molecule has 1 aliphatic heterocycles. The Balaban J connectivity index is 1.62. The van der Waals surface area contributed by atoms with E-state index in [9.17, 15) is 4.79 Å². The van der Waals surface area contributed by atoms with Gasteiger partial charge in [0.05, 0.1) is 13.1 Å². The highest BCUT2D eigenvalue weighted by atomic mass is 16.4. The van der Waals surface area contributed by atoms with Crippen LogP contribution in [0.15, 0.2) is 27.4 Å². The molecule has 2 aliphatic rings. The lowest BCUT2D eigenvalue weighted by molar-refractivity contribution is -0.924. The first-order valence-corrected chi connectivity index (χ1v) is 9.47. The first-order chi connectivity index (χ1) is 11.6. The maximum atomic E-state index is 12.0. The second kappa shape index (κ2) is 6.36. The third kappa shape index (κ3) is 3.02. The van der Waals surface area contributed by atoms with E-state index >= 15 is 0 Å². The number of hydrogen-bond acceptors (Lipinski definition) is 2. The number of benzene rings is 1. The number of piperidine rings is 1. The van der Waals surface area contributed by atoms with Crippen LogP contribution in [0.1, 0.15) is 48.8 Å². The molecule has 3 heteroatoms. The molecule has 4 rings (SSSR count). The molecule has 1 saturated heterocycles. The van der Waals surface area contributed by atoms with Gasteiger partial charge in [0.25, 0.3) is 0 Å². The maximum Gasteiger partial charge on any atom is 0.336 e. The molecule has 2 aromatic rings. The van der Waals surface area contributed by atoms with Gasteiger partial charge in [-0.15, -0.1) is 0 Å². The van der Waals surface area contributed by atoms with Crippen LogP contribution in [0.25, 0.3) is 11.0 Å². The second-order valence-electron chi connectivity index (χ2n) is 8.00. The highest BCUT2D eigenvalue weighted by Gasteiger charge is 2.33. The van der Waals surface area contributed by atoms with E-state index in [1.54, 1.807) is 11.0 Å². The predicted octanol–water partition coefficient (Wildman–Crippen LogP) is 3.00. The van der Waals surface area contributed by atoms with E-state index in [1.165, 1.54) is 56.3 Å². The molecule has 1 aliphatic carbocycles. The second-order valence-corrected chi connectivity index (χ2v) is 8.00. The molecule has 3 atom stereocenters. The van der Waals surface area contributed by atoms with Gasteiger partial charge in [0, 0.05) is 22.9 Å². The Kier molecular flexibility index (Phi) is 4.21. The Labute approximate surface area is 143 Å². The summed E-state index contributed by atoms with van der Waals surface area (Å²) >= 11 is 0. The molecular weight excluding hydrogens is 298 g/mol. The van der Waals surface area contributed by atoms with E-state index in [4.69, 9.17) is 4.42 Å². The molecule has 3 nitrogen and oxygen atoms in total. The molecule has 24 heavy (non-hydrogen) atoms. The van der Waals surface area contributed by atoms with Crippen LogP contribution >= 0.6 is 0 Å². The van der Waals surface area contributed by atoms with Crippen molar-refractivity contribution in [2.75, 3.05) is 13.1 Å². The van der Waals surface area contributed by atoms with Gasteiger partial charge in [-0.3, -0.25) is 0 Å². The van der Waals surface area contributed by atoms with Crippen molar-refractivity contribution in [3.05, 3.63) is 45.3 Å². The summed E-state index contributed by atoms with van der Waals surface area (Å²) in [6, 6.07) is 5.92. The Morgan fingerprint density at radius 2 is 1.79 bits per heavy atom. The summed E-state index contributed by atoms with van der Waals surface area (Å²) in [4.78, 5) is 13.6.